The number of rotatable bonds is 11. The maximum atomic E-state index is 13.3. The Labute approximate surface area is 221 Å². The lowest BCUT2D eigenvalue weighted by molar-refractivity contribution is -0.121. The first-order valence-electron chi connectivity index (χ1n) is 14.2. The third-order valence-corrected chi connectivity index (χ3v) is 7.87. The minimum absolute atomic E-state index is 0.0443. The summed E-state index contributed by atoms with van der Waals surface area (Å²) in [6.07, 6.45) is 12.5. The fraction of sp³-hybridized carbons (Fsp3) is 0.548. The number of anilines is 1. The molecule has 1 atom stereocenters. The van der Waals surface area contributed by atoms with Gasteiger partial charge in [-0.1, -0.05) is 56.4 Å². The van der Waals surface area contributed by atoms with Crippen LogP contribution in [0.4, 0.5) is 5.69 Å². The summed E-state index contributed by atoms with van der Waals surface area (Å²) < 4.78 is 5.54. The zero-order valence-electron chi connectivity index (χ0n) is 22.2. The van der Waals surface area contributed by atoms with Crippen molar-refractivity contribution < 1.29 is 19.4 Å². The molecule has 0 spiro atoms. The number of carboxylic acids is 1. The van der Waals surface area contributed by atoms with Crippen molar-refractivity contribution in [1.82, 2.24) is 5.32 Å². The van der Waals surface area contributed by atoms with Crippen molar-refractivity contribution in [3.05, 3.63) is 59.2 Å². The van der Waals surface area contributed by atoms with Crippen LogP contribution in [0, 0.1) is 5.92 Å². The Morgan fingerprint density at radius 1 is 1.03 bits per heavy atom. The highest BCUT2D eigenvalue weighted by Crippen LogP contribution is 2.35. The van der Waals surface area contributed by atoms with Gasteiger partial charge in [0, 0.05) is 18.8 Å². The van der Waals surface area contributed by atoms with Crippen LogP contribution in [0.25, 0.3) is 0 Å². The number of carbonyl (C=O) groups excluding carboxylic acids is 1. The van der Waals surface area contributed by atoms with Gasteiger partial charge < -0.3 is 20.1 Å². The molecule has 6 heteroatoms. The maximum absolute atomic E-state index is 13.3. The van der Waals surface area contributed by atoms with Crippen LogP contribution in [0.5, 0.6) is 5.75 Å². The van der Waals surface area contributed by atoms with Crippen molar-refractivity contribution in [2.45, 2.75) is 83.6 Å². The van der Waals surface area contributed by atoms with Crippen LogP contribution in [0.2, 0.25) is 0 Å². The topological polar surface area (TPSA) is 78.9 Å². The minimum Gasteiger partial charge on any atom is -0.493 e. The van der Waals surface area contributed by atoms with Crippen LogP contribution in [0.15, 0.2) is 42.5 Å². The first kappa shape index (κ1) is 27.0. The van der Waals surface area contributed by atoms with Crippen LogP contribution in [-0.4, -0.2) is 36.7 Å². The van der Waals surface area contributed by atoms with Gasteiger partial charge in [0.05, 0.1) is 19.1 Å². The Morgan fingerprint density at radius 3 is 2.49 bits per heavy atom. The summed E-state index contributed by atoms with van der Waals surface area (Å²) in [6, 6.07) is 13.5. The number of para-hydroxylation sites is 1. The number of amides is 1. The van der Waals surface area contributed by atoms with Crippen LogP contribution >= 0.6 is 0 Å². The number of aromatic carboxylic acids is 1. The predicted molar refractivity (Wildman–Crippen MR) is 147 cm³/mol. The Kier molecular flexibility index (Phi) is 9.86. The molecular formula is C31H42N2O4. The molecule has 1 saturated heterocycles. The molecule has 37 heavy (non-hydrogen) atoms. The Hall–Kier alpha value is -3.02. The third-order valence-electron chi connectivity index (χ3n) is 7.87. The molecule has 1 unspecified atom stereocenters. The highest BCUT2D eigenvalue weighted by molar-refractivity contribution is 5.91. The van der Waals surface area contributed by atoms with Gasteiger partial charge in [0.2, 0.25) is 5.91 Å². The summed E-state index contributed by atoms with van der Waals surface area (Å²) >= 11 is 0. The lowest BCUT2D eigenvalue weighted by Crippen LogP contribution is -2.34. The monoisotopic (exact) mass is 506 g/mol. The second kappa shape index (κ2) is 13.5. The molecule has 1 saturated carbocycles. The zero-order valence-corrected chi connectivity index (χ0v) is 22.2. The summed E-state index contributed by atoms with van der Waals surface area (Å²) in [7, 11) is 0. The van der Waals surface area contributed by atoms with E-state index < -0.39 is 5.97 Å². The molecule has 0 bridgehead atoms. The third kappa shape index (κ3) is 7.50. The first-order valence-corrected chi connectivity index (χ1v) is 14.2. The first-order chi connectivity index (χ1) is 18.0. The standard InChI is InChI=1S/C31H42N2O4/c1-2-37-29-21-24(15-17-26(29)31(35)36)22-30(34)32-27(18-16-23-11-5-3-6-12-23)25-13-7-8-14-28(25)33-19-9-4-10-20-33/h7-8,13-15,17,21,23,27H,2-6,9-12,16,18-20,22H2,1H3,(H,32,34)(H,35,36). The van der Waals surface area contributed by atoms with Gasteiger partial charge >= 0.3 is 5.97 Å². The van der Waals surface area contributed by atoms with Crippen LogP contribution in [-0.2, 0) is 11.2 Å². The van der Waals surface area contributed by atoms with Crippen molar-refractivity contribution in [2.24, 2.45) is 5.92 Å². The van der Waals surface area contributed by atoms with E-state index in [1.54, 1.807) is 12.1 Å². The van der Waals surface area contributed by atoms with E-state index in [-0.39, 0.29) is 23.9 Å². The van der Waals surface area contributed by atoms with Crippen molar-refractivity contribution in [1.29, 1.82) is 0 Å². The number of ether oxygens (including phenoxy) is 1. The molecule has 0 radical (unpaired) electrons. The fourth-order valence-corrected chi connectivity index (χ4v) is 5.95. The van der Waals surface area contributed by atoms with Gasteiger partial charge in [0.25, 0.3) is 0 Å². The molecule has 2 N–H and O–H groups in total. The van der Waals surface area contributed by atoms with Gasteiger partial charge in [-0.15, -0.1) is 0 Å². The highest BCUT2D eigenvalue weighted by Gasteiger charge is 2.24. The van der Waals surface area contributed by atoms with Crippen molar-refractivity contribution >= 4 is 17.6 Å². The average molecular weight is 507 g/mol. The van der Waals surface area contributed by atoms with Crippen molar-refractivity contribution in [2.75, 3.05) is 24.6 Å². The molecular weight excluding hydrogens is 464 g/mol. The Morgan fingerprint density at radius 2 is 1.76 bits per heavy atom. The summed E-state index contributed by atoms with van der Waals surface area (Å²) in [4.78, 5) is 27.4. The van der Waals surface area contributed by atoms with E-state index in [1.807, 2.05) is 6.92 Å². The summed E-state index contributed by atoms with van der Waals surface area (Å²) in [5, 5.41) is 12.8. The molecule has 1 aliphatic carbocycles. The molecule has 0 aromatic heterocycles. The van der Waals surface area contributed by atoms with Crippen LogP contribution in [0.1, 0.15) is 98.7 Å². The molecule has 4 rings (SSSR count). The van der Waals surface area contributed by atoms with Crippen molar-refractivity contribution in [3.63, 3.8) is 0 Å². The number of nitrogens with one attached hydrogen (secondary N) is 1. The smallest absolute Gasteiger partial charge is 0.339 e. The van der Waals surface area contributed by atoms with Gasteiger partial charge in [-0.05, 0) is 74.3 Å². The van der Waals surface area contributed by atoms with E-state index in [2.05, 4.69) is 34.5 Å². The largest absolute Gasteiger partial charge is 0.493 e. The molecule has 2 aromatic rings. The molecule has 200 valence electrons. The molecule has 2 fully saturated rings. The summed E-state index contributed by atoms with van der Waals surface area (Å²) in [5.74, 6) is -0.0265. The normalized spacial score (nSPS) is 17.3. The average Bonchev–Trinajstić information content (AvgIpc) is 2.92. The number of carbonyl (C=O) groups is 2. The molecule has 1 aliphatic heterocycles. The number of hydrogen-bond donors (Lipinski definition) is 2. The molecule has 6 nitrogen and oxygen atoms in total. The summed E-state index contributed by atoms with van der Waals surface area (Å²) in [6.45, 7) is 4.32. The maximum Gasteiger partial charge on any atom is 0.339 e. The second-order valence-electron chi connectivity index (χ2n) is 10.6. The van der Waals surface area contributed by atoms with E-state index in [9.17, 15) is 14.7 Å². The lowest BCUT2D eigenvalue weighted by atomic mass is 9.84. The number of hydrogen-bond acceptors (Lipinski definition) is 4. The minimum atomic E-state index is -1.03. The molecule has 2 aromatic carbocycles. The van der Waals surface area contributed by atoms with E-state index in [4.69, 9.17) is 4.74 Å². The highest BCUT2D eigenvalue weighted by atomic mass is 16.5. The SMILES string of the molecule is CCOc1cc(CC(=O)NC(CCC2CCCCC2)c2ccccc2N2CCCCC2)ccc1C(=O)O. The summed E-state index contributed by atoms with van der Waals surface area (Å²) in [5.41, 5.74) is 3.33. The van der Waals surface area contributed by atoms with Crippen LogP contribution in [0.3, 0.4) is 0 Å². The second-order valence-corrected chi connectivity index (χ2v) is 10.6. The molecule has 2 aliphatic rings. The van der Waals surface area contributed by atoms with Gasteiger partial charge in [-0.2, -0.15) is 0 Å². The number of nitrogens with zero attached hydrogens (tertiary/aromatic N) is 1. The quantitative estimate of drug-likeness (QED) is 0.362. The van der Waals surface area contributed by atoms with Crippen LogP contribution < -0.4 is 15.0 Å². The number of benzene rings is 2. The van der Waals surface area contributed by atoms with E-state index in [0.29, 0.717) is 12.4 Å². The number of carboxylic acid groups (broad SMARTS) is 1. The molecule has 1 heterocycles. The van der Waals surface area contributed by atoms with E-state index in [0.717, 1.165) is 37.4 Å². The fourth-order valence-electron chi connectivity index (χ4n) is 5.95. The van der Waals surface area contributed by atoms with E-state index >= 15 is 0 Å². The predicted octanol–water partition coefficient (Wildman–Crippen LogP) is 6.53. The lowest BCUT2D eigenvalue weighted by Gasteiger charge is -2.33. The van der Waals surface area contributed by atoms with Gasteiger partial charge in [0.15, 0.2) is 0 Å². The zero-order chi connectivity index (χ0) is 26.0. The van der Waals surface area contributed by atoms with Gasteiger partial charge in [-0.3, -0.25) is 4.79 Å². The van der Waals surface area contributed by atoms with Gasteiger partial charge in [-0.25, -0.2) is 4.79 Å². The van der Waals surface area contributed by atoms with Crippen molar-refractivity contribution in [3.8, 4) is 5.75 Å². The molecule has 1 amide bonds. The Balaban J connectivity index is 1.52. The van der Waals surface area contributed by atoms with E-state index in [1.165, 1.54) is 68.7 Å². The van der Waals surface area contributed by atoms with Gasteiger partial charge in [0.1, 0.15) is 11.3 Å². The Bertz CT molecular complexity index is 1040. The number of piperidine rings is 1.